The lowest BCUT2D eigenvalue weighted by Crippen LogP contribution is -2.46. The molecular weight excluding hydrogens is 358 g/mol. The van der Waals surface area contributed by atoms with Crippen molar-refractivity contribution in [1.82, 2.24) is 4.90 Å². The van der Waals surface area contributed by atoms with Crippen molar-refractivity contribution in [3.05, 3.63) is 23.8 Å². The molecule has 2 saturated heterocycles. The molecule has 1 aromatic rings. The first-order valence-electron chi connectivity index (χ1n) is 8.27. The summed E-state index contributed by atoms with van der Waals surface area (Å²) in [4.78, 5) is 38.2. The van der Waals surface area contributed by atoms with E-state index in [4.69, 9.17) is 14.2 Å². The van der Waals surface area contributed by atoms with Gasteiger partial charge in [-0.15, -0.1) is 11.8 Å². The quantitative estimate of drug-likeness (QED) is 0.551. The summed E-state index contributed by atoms with van der Waals surface area (Å²) in [6.07, 6.45) is 1.16. The summed E-state index contributed by atoms with van der Waals surface area (Å²) in [5, 5.41) is 0. The number of hydrogen-bond acceptors (Lipinski definition) is 7. The third-order valence-corrected chi connectivity index (χ3v) is 6.28. The van der Waals surface area contributed by atoms with Gasteiger partial charge in [0.2, 0.25) is 11.7 Å². The number of ether oxygens (including phenoxy) is 3. The van der Waals surface area contributed by atoms with E-state index >= 15 is 0 Å². The molecule has 0 bridgehead atoms. The molecule has 0 unspecified atom stereocenters. The normalized spacial score (nSPS) is 24.3. The highest BCUT2D eigenvalue weighted by Gasteiger charge is 2.53. The molecule has 7 nitrogen and oxygen atoms in total. The molecule has 3 rings (SSSR count). The van der Waals surface area contributed by atoms with Crippen molar-refractivity contribution in [2.75, 3.05) is 26.6 Å². The molecular formula is C18H21NO6S. The number of esters is 1. The van der Waals surface area contributed by atoms with Crippen molar-refractivity contribution in [2.24, 2.45) is 0 Å². The maximum atomic E-state index is 12.4. The van der Waals surface area contributed by atoms with E-state index in [0.717, 1.165) is 6.42 Å². The van der Waals surface area contributed by atoms with Gasteiger partial charge in [-0.1, -0.05) is 0 Å². The molecule has 2 heterocycles. The van der Waals surface area contributed by atoms with E-state index in [-0.39, 0.29) is 16.6 Å². The minimum atomic E-state index is -0.634. The van der Waals surface area contributed by atoms with Crippen molar-refractivity contribution in [3.8, 4) is 11.5 Å². The Hall–Kier alpha value is -2.22. The van der Waals surface area contributed by atoms with Gasteiger partial charge in [0, 0.05) is 18.2 Å². The fourth-order valence-electron chi connectivity index (χ4n) is 3.33. The minimum absolute atomic E-state index is 0.0393. The van der Waals surface area contributed by atoms with Crippen molar-refractivity contribution in [3.63, 3.8) is 0 Å². The van der Waals surface area contributed by atoms with Gasteiger partial charge >= 0.3 is 5.97 Å². The number of benzene rings is 1. The van der Waals surface area contributed by atoms with Gasteiger partial charge in [-0.2, -0.15) is 0 Å². The van der Waals surface area contributed by atoms with Crippen molar-refractivity contribution < 1.29 is 28.6 Å². The van der Waals surface area contributed by atoms with Gasteiger partial charge in [0.15, 0.2) is 6.61 Å². The van der Waals surface area contributed by atoms with Crippen LogP contribution in [0.4, 0.5) is 0 Å². The SMILES string of the molecule is COc1ccc(C(=O)COC(=O)[C@H]2CS[C@]3(C)CCC(=O)N23)c(OC)c1. The van der Waals surface area contributed by atoms with E-state index in [2.05, 4.69) is 0 Å². The number of ketones is 1. The molecule has 26 heavy (non-hydrogen) atoms. The fraction of sp³-hybridized carbons (Fsp3) is 0.500. The fourth-order valence-corrected chi connectivity index (χ4v) is 4.75. The maximum absolute atomic E-state index is 12.4. The van der Waals surface area contributed by atoms with Crippen LogP contribution in [0.5, 0.6) is 11.5 Å². The monoisotopic (exact) mass is 379 g/mol. The first-order valence-corrected chi connectivity index (χ1v) is 9.26. The molecule has 0 N–H and O–H groups in total. The topological polar surface area (TPSA) is 82.1 Å². The van der Waals surface area contributed by atoms with E-state index in [0.29, 0.717) is 29.2 Å². The lowest BCUT2D eigenvalue weighted by molar-refractivity contribution is -0.152. The largest absolute Gasteiger partial charge is 0.497 e. The zero-order chi connectivity index (χ0) is 18.9. The average molecular weight is 379 g/mol. The summed E-state index contributed by atoms with van der Waals surface area (Å²) in [5.41, 5.74) is 0.309. The van der Waals surface area contributed by atoms with Crippen molar-refractivity contribution in [2.45, 2.75) is 30.7 Å². The second-order valence-electron chi connectivity index (χ2n) is 6.36. The van der Waals surface area contributed by atoms with Crippen molar-refractivity contribution in [1.29, 1.82) is 0 Å². The molecule has 2 aliphatic heterocycles. The number of thioether (sulfide) groups is 1. The van der Waals surface area contributed by atoms with Crippen LogP contribution >= 0.6 is 11.8 Å². The van der Waals surface area contributed by atoms with Crippen molar-refractivity contribution >= 4 is 29.4 Å². The number of fused-ring (bicyclic) bond motifs is 1. The summed E-state index contributed by atoms with van der Waals surface area (Å²) in [6, 6.07) is 4.17. The number of amides is 1. The number of nitrogens with zero attached hydrogens (tertiary/aromatic N) is 1. The summed E-state index contributed by atoms with van der Waals surface area (Å²) in [5.74, 6) is 0.439. The Morgan fingerprint density at radius 2 is 2.08 bits per heavy atom. The zero-order valence-corrected chi connectivity index (χ0v) is 15.8. The van der Waals surface area contributed by atoms with E-state index in [1.165, 1.54) is 14.2 Å². The first kappa shape index (κ1) is 18.6. The average Bonchev–Trinajstić information content (AvgIpc) is 3.14. The van der Waals surface area contributed by atoms with Gasteiger partial charge in [0.1, 0.15) is 17.5 Å². The Morgan fingerprint density at radius 1 is 1.31 bits per heavy atom. The standard InChI is InChI=1S/C18H21NO6S/c1-18-7-6-16(21)19(18)13(10-26-18)17(22)25-9-14(20)12-5-4-11(23-2)8-15(12)24-3/h4-5,8,13H,6-7,9-10H2,1-3H3/t13-,18-/m1/s1. The highest BCUT2D eigenvalue weighted by atomic mass is 32.2. The number of methoxy groups -OCH3 is 2. The number of rotatable bonds is 6. The Morgan fingerprint density at radius 3 is 2.77 bits per heavy atom. The highest BCUT2D eigenvalue weighted by Crippen LogP contribution is 2.47. The molecule has 8 heteroatoms. The zero-order valence-electron chi connectivity index (χ0n) is 14.9. The van der Waals surface area contributed by atoms with Crippen LogP contribution < -0.4 is 9.47 Å². The van der Waals surface area contributed by atoms with Gasteiger partial charge in [0.25, 0.3) is 0 Å². The molecule has 1 aromatic carbocycles. The van der Waals surface area contributed by atoms with Crippen LogP contribution in [0.25, 0.3) is 0 Å². The lowest BCUT2D eigenvalue weighted by atomic mass is 10.1. The summed E-state index contributed by atoms with van der Waals surface area (Å²) in [6.45, 7) is 1.56. The van der Waals surface area contributed by atoms with Crippen LogP contribution in [-0.2, 0) is 14.3 Å². The first-order chi connectivity index (χ1) is 12.4. The van der Waals surface area contributed by atoms with Gasteiger partial charge in [-0.3, -0.25) is 9.59 Å². The minimum Gasteiger partial charge on any atom is -0.497 e. The van der Waals surface area contributed by atoms with Crippen LogP contribution in [0.1, 0.15) is 30.1 Å². The predicted octanol–water partition coefficient (Wildman–Crippen LogP) is 1.88. The van der Waals surface area contributed by atoms with Gasteiger partial charge in [-0.25, -0.2) is 4.79 Å². The second kappa shape index (κ2) is 7.19. The van der Waals surface area contributed by atoms with Crippen LogP contribution in [0, 0.1) is 0 Å². The smallest absolute Gasteiger partial charge is 0.330 e. The van der Waals surface area contributed by atoms with Crippen LogP contribution in [0.15, 0.2) is 18.2 Å². The van der Waals surface area contributed by atoms with E-state index in [9.17, 15) is 14.4 Å². The number of carbonyl (C=O) groups is 3. The van der Waals surface area contributed by atoms with Crippen LogP contribution in [0.2, 0.25) is 0 Å². The third-order valence-electron chi connectivity index (χ3n) is 4.77. The van der Waals surface area contributed by atoms with E-state index < -0.39 is 18.6 Å². The highest BCUT2D eigenvalue weighted by molar-refractivity contribution is 8.01. The van der Waals surface area contributed by atoms with E-state index in [1.54, 1.807) is 34.9 Å². The molecule has 0 aromatic heterocycles. The van der Waals surface area contributed by atoms with Crippen LogP contribution in [0.3, 0.4) is 0 Å². The van der Waals surface area contributed by atoms with E-state index in [1.807, 2.05) is 6.92 Å². The number of carbonyl (C=O) groups excluding carboxylic acids is 3. The number of Topliss-reactive ketones (excluding diaryl/α,β-unsaturated/α-hetero) is 1. The molecule has 2 atom stereocenters. The molecule has 0 aliphatic carbocycles. The lowest BCUT2D eigenvalue weighted by Gasteiger charge is -2.29. The Labute approximate surface area is 156 Å². The Bertz CT molecular complexity index is 751. The van der Waals surface area contributed by atoms with Gasteiger partial charge < -0.3 is 19.1 Å². The van der Waals surface area contributed by atoms with Gasteiger partial charge in [0.05, 0.1) is 24.7 Å². The summed E-state index contributed by atoms with van der Waals surface area (Å²) in [7, 11) is 2.97. The Balaban J connectivity index is 1.65. The number of hydrogen-bond donors (Lipinski definition) is 0. The molecule has 0 radical (unpaired) electrons. The summed E-state index contributed by atoms with van der Waals surface area (Å²) >= 11 is 1.58. The maximum Gasteiger partial charge on any atom is 0.330 e. The Kier molecular flexibility index (Phi) is 5.13. The van der Waals surface area contributed by atoms with Crippen LogP contribution in [-0.4, -0.2) is 60.1 Å². The molecule has 1 amide bonds. The summed E-state index contributed by atoms with van der Waals surface area (Å²) < 4.78 is 15.5. The molecule has 140 valence electrons. The predicted molar refractivity (Wildman–Crippen MR) is 95.6 cm³/mol. The molecule has 2 aliphatic rings. The molecule has 0 spiro atoms. The second-order valence-corrected chi connectivity index (χ2v) is 7.86. The third kappa shape index (κ3) is 3.25. The molecule has 2 fully saturated rings. The van der Waals surface area contributed by atoms with Gasteiger partial charge in [-0.05, 0) is 25.5 Å². The molecule has 0 saturated carbocycles.